The smallest absolute Gasteiger partial charge is 0.208 e. The van der Waals surface area contributed by atoms with Crippen LogP contribution in [0.1, 0.15) is 5.56 Å². The fraction of sp³-hybridized carbons (Fsp3) is 0.0357. The SMILES string of the molecule is Cc1cccc(-c2nc(Cl)nc(-c3ccc4c5ccccc5c5ccccc5c4c3)n2)c1. The molecular formula is C28H18ClN3. The molecule has 6 rings (SSSR count). The number of aryl methyl sites for hydroxylation is 1. The van der Waals surface area contributed by atoms with Gasteiger partial charge in [0.25, 0.3) is 0 Å². The molecule has 0 saturated heterocycles. The van der Waals surface area contributed by atoms with Gasteiger partial charge in [0.15, 0.2) is 11.6 Å². The lowest BCUT2D eigenvalue weighted by molar-refractivity contribution is 1.07. The van der Waals surface area contributed by atoms with Gasteiger partial charge in [0.2, 0.25) is 5.28 Å². The number of nitrogens with zero attached hydrogens (tertiary/aromatic N) is 3. The molecule has 0 aliphatic carbocycles. The maximum Gasteiger partial charge on any atom is 0.226 e. The topological polar surface area (TPSA) is 38.7 Å². The van der Waals surface area contributed by atoms with Gasteiger partial charge in [0.05, 0.1) is 0 Å². The summed E-state index contributed by atoms with van der Waals surface area (Å²) in [5.41, 5.74) is 2.98. The van der Waals surface area contributed by atoms with Crippen molar-refractivity contribution in [2.24, 2.45) is 0 Å². The van der Waals surface area contributed by atoms with Crippen molar-refractivity contribution in [3.05, 3.63) is 102 Å². The highest BCUT2D eigenvalue weighted by atomic mass is 35.5. The van der Waals surface area contributed by atoms with Gasteiger partial charge in [-0.05, 0) is 63.0 Å². The third-order valence-corrected chi connectivity index (χ3v) is 6.06. The lowest BCUT2D eigenvalue weighted by atomic mass is 9.93. The second kappa shape index (κ2) is 7.40. The Hall–Kier alpha value is -3.82. The zero-order valence-corrected chi connectivity index (χ0v) is 18.1. The summed E-state index contributed by atoms with van der Waals surface area (Å²) in [6.45, 7) is 2.05. The third-order valence-electron chi connectivity index (χ3n) is 5.89. The first kappa shape index (κ1) is 18.9. The van der Waals surface area contributed by atoms with Crippen molar-refractivity contribution >= 4 is 43.9 Å². The van der Waals surface area contributed by atoms with E-state index in [2.05, 4.69) is 82.8 Å². The van der Waals surface area contributed by atoms with Crippen LogP contribution in [-0.4, -0.2) is 15.0 Å². The van der Waals surface area contributed by atoms with Gasteiger partial charge in [-0.15, -0.1) is 0 Å². The fourth-order valence-corrected chi connectivity index (χ4v) is 4.60. The maximum atomic E-state index is 6.32. The summed E-state index contributed by atoms with van der Waals surface area (Å²) >= 11 is 6.32. The van der Waals surface area contributed by atoms with E-state index < -0.39 is 0 Å². The highest BCUT2D eigenvalue weighted by Crippen LogP contribution is 2.36. The minimum Gasteiger partial charge on any atom is -0.208 e. The van der Waals surface area contributed by atoms with Crippen LogP contribution in [0.5, 0.6) is 0 Å². The molecule has 152 valence electrons. The Balaban J connectivity index is 1.61. The summed E-state index contributed by atoms with van der Waals surface area (Å²) < 4.78 is 0. The number of rotatable bonds is 2. The van der Waals surface area contributed by atoms with E-state index in [1.54, 1.807) is 0 Å². The van der Waals surface area contributed by atoms with Gasteiger partial charge in [-0.25, -0.2) is 4.98 Å². The van der Waals surface area contributed by atoms with Crippen LogP contribution in [-0.2, 0) is 0 Å². The Morgan fingerprint density at radius 3 is 1.62 bits per heavy atom. The number of benzene rings is 5. The van der Waals surface area contributed by atoms with E-state index in [9.17, 15) is 0 Å². The largest absolute Gasteiger partial charge is 0.226 e. The van der Waals surface area contributed by atoms with Gasteiger partial charge < -0.3 is 0 Å². The molecule has 0 bridgehead atoms. The van der Waals surface area contributed by atoms with Crippen LogP contribution in [0.2, 0.25) is 5.28 Å². The van der Waals surface area contributed by atoms with Gasteiger partial charge in [-0.3, -0.25) is 0 Å². The zero-order valence-electron chi connectivity index (χ0n) is 17.4. The van der Waals surface area contributed by atoms with E-state index >= 15 is 0 Å². The number of hydrogen-bond acceptors (Lipinski definition) is 3. The van der Waals surface area contributed by atoms with E-state index in [1.165, 1.54) is 32.3 Å². The van der Waals surface area contributed by atoms with Crippen molar-refractivity contribution in [3.8, 4) is 22.8 Å². The predicted octanol–water partition coefficient (Wildman–Crippen LogP) is 7.63. The van der Waals surface area contributed by atoms with Gasteiger partial charge in [-0.1, -0.05) is 84.4 Å². The molecule has 0 atom stereocenters. The second-order valence-electron chi connectivity index (χ2n) is 7.97. The van der Waals surface area contributed by atoms with Crippen molar-refractivity contribution in [1.82, 2.24) is 15.0 Å². The van der Waals surface area contributed by atoms with Crippen LogP contribution in [0.15, 0.2) is 91.0 Å². The van der Waals surface area contributed by atoms with Crippen LogP contribution in [0.3, 0.4) is 0 Å². The summed E-state index contributed by atoms with van der Waals surface area (Å²) in [6, 6.07) is 31.5. The molecule has 0 saturated carbocycles. The lowest BCUT2D eigenvalue weighted by Gasteiger charge is -2.12. The Bertz CT molecular complexity index is 1620. The Morgan fingerprint density at radius 1 is 0.500 bits per heavy atom. The molecule has 3 nitrogen and oxygen atoms in total. The number of fused-ring (bicyclic) bond motifs is 6. The molecule has 0 fully saturated rings. The van der Waals surface area contributed by atoms with E-state index in [0.29, 0.717) is 11.6 Å². The van der Waals surface area contributed by atoms with Crippen LogP contribution in [0.25, 0.3) is 55.1 Å². The minimum absolute atomic E-state index is 0.190. The second-order valence-corrected chi connectivity index (χ2v) is 8.31. The standard InChI is InChI=1S/C28H18ClN3/c1-17-7-6-8-18(15-17)26-30-27(32-28(29)31-26)19-13-14-24-22-11-3-2-9-20(22)21-10-4-5-12-23(21)25(24)16-19/h2-16H,1H3. The summed E-state index contributed by atoms with van der Waals surface area (Å²) in [5.74, 6) is 1.15. The summed E-state index contributed by atoms with van der Waals surface area (Å²) in [7, 11) is 0. The molecule has 1 heterocycles. The lowest BCUT2D eigenvalue weighted by Crippen LogP contribution is -1.97. The Labute approximate surface area is 190 Å². The monoisotopic (exact) mass is 431 g/mol. The van der Waals surface area contributed by atoms with Crippen molar-refractivity contribution in [2.75, 3.05) is 0 Å². The van der Waals surface area contributed by atoms with Crippen LogP contribution in [0, 0.1) is 6.92 Å². The predicted molar refractivity (Wildman–Crippen MR) is 133 cm³/mol. The average molecular weight is 432 g/mol. The third kappa shape index (κ3) is 3.10. The Kier molecular flexibility index (Phi) is 4.37. The minimum atomic E-state index is 0.190. The molecule has 0 radical (unpaired) electrons. The summed E-state index contributed by atoms with van der Waals surface area (Å²) in [4.78, 5) is 13.6. The molecule has 0 aliphatic rings. The first-order valence-electron chi connectivity index (χ1n) is 10.5. The maximum absolute atomic E-state index is 6.32. The van der Waals surface area contributed by atoms with E-state index in [1.807, 2.05) is 25.1 Å². The highest BCUT2D eigenvalue weighted by molar-refractivity contribution is 6.28. The molecule has 6 aromatic rings. The van der Waals surface area contributed by atoms with Gasteiger partial charge in [0, 0.05) is 11.1 Å². The molecule has 0 spiro atoms. The summed E-state index contributed by atoms with van der Waals surface area (Å²) in [5, 5.41) is 7.52. The van der Waals surface area contributed by atoms with Crippen LogP contribution in [0.4, 0.5) is 0 Å². The zero-order chi connectivity index (χ0) is 21.7. The first-order chi connectivity index (χ1) is 15.7. The van der Waals surface area contributed by atoms with E-state index in [0.717, 1.165) is 16.7 Å². The van der Waals surface area contributed by atoms with Gasteiger partial charge in [-0.2, -0.15) is 9.97 Å². The molecule has 0 N–H and O–H groups in total. The van der Waals surface area contributed by atoms with Gasteiger partial charge in [0.1, 0.15) is 0 Å². The van der Waals surface area contributed by atoms with Gasteiger partial charge >= 0.3 is 0 Å². The fourth-order valence-electron chi connectivity index (χ4n) is 4.44. The Morgan fingerprint density at radius 2 is 1.03 bits per heavy atom. The molecular weight excluding hydrogens is 414 g/mol. The molecule has 5 aromatic carbocycles. The average Bonchev–Trinajstić information content (AvgIpc) is 2.83. The molecule has 32 heavy (non-hydrogen) atoms. The molecule has 4 heteroatoms. The first-order valence-corrected chi connectivity index (χ1v) is 10.9. The van der Waals surface area contributed by atoms with Crippen molar-refractivity contribution in [3.63, 3.8) is 0 Å². The van der Waals surface area contributed by atoms with Crippen LogP contribution >= 0.6 is 11.6 Å². The quantitative estimate of drug-likeness (QED) is 0.264. The normalized spacial score (nSPS) is 11.4. The van der Waals surface area contributed by atoms with E-state index in [-0.39, 0.29) is 5.28 Å². The van der Waals surface area contributed by atoms with Crippen molar-refractivity contribution < 1.29 is 0 Å². The van der Waals surface area contributed by atoms with Crippen LogP contribution < -0.4 is 0 Å². The van der Waals surface area contributed by atoms with Crippen molar-refractivity contribution in [1.29, 1.82) is 0 Å². The number of hydrogen-bond donors (Lipinski definition) is 0. The molecule has 0 aliphatic heterocycles. The van der Waals surface area contributed by atoms with Crippen molar-refractivity contribution in [2.45, 2.75) is 6.92 Å². The molecule has 0 unspecified atom stereocenters. The molecule has 1 aromatic heterocycles. The van der Waals surface area contributed by atoms with E-state index in [4.69, 9.17) is 16.6 Å². The number of halogens is 1. The molecule has 0 amide bonds. The number of aromatic nitrogens is 3. The summed E-state index contributed by atoms with van der Waals surface area (Å²) in [6.07, 6.45) is 0. The highest BCUT2D eigenvalue weighted by Gasteiger charge is 2.13.